The van der Waals surface area contributed by atoms with Gasteiger partial charge in [-0.15, -0.1) is 0 Å². The second-order valence-electron chi connectivity index (χ2n) is 5.86. The Kier molecular flexibility index (Phi) is 4.75. The molecule has 2 aliphatic rings. The van der Waals surface area contributed by atoms with Crippen molar-refractivity contribution in [3.63, 3.8) is 0 Å². The summed E-state index contributed by atoms with van der Waals surface area (Å²) < 4.78 is 5.92. The maximum absolute atomic E-state index is 6.03. The molecule has 3 rings (SSSR count). The number of likely N-dealkylation sites (tertiary alicyclic amines) is 1. The number of nitrogens with zero attached hydrogens (tertiary/aromatic N) is 5. The lowest BCUT2D eigenvalue weighted by atomic mass is 10.1. The van der Waals surface area contributed by atoms with Crippen LogP contribution in [0.1, 0.15) is 32.1 Å². The van der Waals surface area contributed by atoms with Gasteiger partial charge in [0.15, 0.2) is 0 Å². The second kappa shape index (κ2) is 6.75. The molecule has 2 saturated heterocycles. The van der Waals surface area contributed by atoms with Crippen molar-refractivity contribution >= 4 is 17.5 Å². The Morgan fingerprint density at radius 3 is 2.43 bits per heavy atom. The van der Waals surface area contributed by atoms with E-state index in [-0.39, 0.29) is 11.4 Å². The highest BCUT2D eigenvalue weighted by molar-refractivity contribution is 6.28. The summed E-state index contributed by atoms with van der Waals surface area (Å²) in [5.41, 5.74) is 0. The number of halogens is 1. The van der Waals surface area contributed by atoms with Gasteiger partial charge in [0, 0.05) is 26.2 Å². The molecular weight excluding hydrogens is 290 g/mol. The molecule has 0 unspecified atom stereocenters. The third-order valence-electron chi connectivity index (χ3n) is 4.15. The summed E-state index contributed by atoms with van der Waals surface area (Å²) in [7, 11) is 2.13. The quantitative estimate of drug-likeness (QED) is 0.851. The molecule has 0 aliphatic carbocycles. The molecule has 1 aromatic heterocycles. The first-order valence-corrected chi connectivity index (χ1v) is 8.10. The maximum Gasteiger partial charge on any atom is 0.322 e. The number of hydrogen-bond donors (Lipinski definition) is 0. The highest BCUT2D eigenvalue weighted by Crippen LogP contribution is 2.21. The van der Waals surface area contributed by atoms with Crippen molar-refractivity contribution < 1.29 is 4.74 Å². The molecule has 0 N–H and O–H groups in total. The number of ether oxygens (including phenoxy) is 1. The van der Waals surface area contributed by atoms with E-state index in [1.54, 1.807) is 0 Å². The van der Waals surface area contributed by atoms with Crippen LogP contribution in [0.4, 0.5) is 5.95 Å². The van der Waals surface area contributed by atoms with Crippen molar-refractivity contribution in [2.45, 2.75) is 38.2 Å². The van der Waals surface area contributed by atoms with Gasteiger partial charge in [0.2, 0.25) is 11.2 Å². The number of rotatable bonds is 3. The van der Waals surface area contributed by atoms with Gasteiger partial charge >= 0.3 is 6.01 Å². The van der Waals surface area contributed by atoms with Gasteiger partial charge < -0.3 is 14.5 Å². The molecule has 1 aromatic rings. The van der Waals surface area contributed by atoms with Gasteiger partial charge in [0.1, 0.15) is 6.10 Å². The van der Waals surface area contributed by atoms with Gasteiger partial charge in [-0.3, -0.25) is 0 Å². The van der Waals surface area contributed by atoms with Gasteiger partial charge in [-0.2, -0.15) is 15.0 Å². The molecule has 0 bridgehead atoms. The third-order valence-corrected chi connectivity index (χ3v) is 4.32. The van der Waals surface area contributed by atoms with Gasteiger partial charge in [0.05, 0.1) is 0 Å². The molecule has 0 spiro atoms. The largest absolute Gasteiger partial charge is 0.460 e. The van der Waals surface area contributed by atoms with Crippen LogP contribution in [0.15, 0.2) is 0 Å². The average molecular weight is 312 g/mol. The summed E-state index contributed by atoms with van der Waals surface area (Å²) in [5, 5.41) is 0.216. The summed E-state index contributed by atoms with van der Waals surface area (Å²) in [4.78, 5) is 17.3. The zero-order chi connectivity index (χ0) is 14.7. The molecule has 21 heavy (non-hydrogen) atoms. The molecule has 0 aromatic carbocycles. The highest BCUT2D eigenvalue weighted by atomic mass is 35.5. The van der Waals surface area contributed by atoms with Crippen LogP contribution < -0.4 is 9.64 Å². The van der Waals surface area contributed by atoms with Gasteiger partial charge in [-0.05, 0) is 50.8 Å². The fourth-order valence-electron chi connectivity index (χ4n) is 2.86. The van der Waals surface area contributed by atoms with Gasteiger partial charge in [0.25, 0.3) is 0 Å². The van der Waals surface area contributed by atoms with E-state index in [2.05, 4.69) is 31.8 Å². The molecule has 2 fully saturated rings. The van der Waals surface area contributed by atoms with E-state index in [0.29, 0.717) is 12.0 Å². The Morgan fingerprint density at radius 1 is 1.00 bits per heavy atom. The average Bonchev–Trinajstić information content (AvgIpc) is 2.50. The van der Waals surface area contributed by atoms with E-state index in [1.165, 1.54) is 19.3 Å². The molecule has 3 heterocycles. The molecular formula is C14H22ClN5O. The lowest BCUT2D eigenvalue weighted by molar-refractivity contribution is 0.105. The predicted molar refractivity (Wildman–Crippen MR) is 82.0 cm³/mol. The highest BCUT2D eigenvalue weighted by Gasteiger charge is 2.21. The van der Waals surface area contributed by atoms with Crippen molar-refractivity contribution in [1.29, 1.82) is 0 Å². The molecule has 0 atom stereocenters. The van der Waals surface area contributed by atoms with Crippen LogP contribution in [0.3, 0.4) is 0 Å². The summed E-state index contributed by atoms with van der Waals surface area (Å²) in [6, 6.07) is 0.366. The van der Waals surface area contributed by atoms with Crippen LogP contribution in [0, 0.1) is 0 Å². The first-order chi connectivity index (χ1) is 10.2. The van der Waals surface area contributed by atoms with Crippen LogP contribution in [0.25, 0.3) is 0 Å². The summed E-state index contributed by atoms with van der Waals surface area (Å²) in [5.74, 6) is 0.651. The number of hydrogen-bond acceptors (Lipinski definition) is 6. The Balaban J connectivity index is 1.68. The predicted octanol–water partition coefficient (Wildman–Crippen LogP) is 1.99. The molecule has 6 nitrogen and oxygen atoms in total. The molecule has 2 aliphatic heterocycles. The first-order valence-electron chi connectivity index (χ1n) is 7.72. The molecule has 0 radical (unpaired) electrons. The van der Waals surface area contributed by atoms with Crippen molar-refractivity contribution in [2.75, 3.05) is 38.1 Å². The SMILES string of the molecule is CN1CCC(Oc2nc(Cl)nc(N3CCCCC3)n2)CC1. The standard InChI is InChI=1S/C14H22ClN5O/c1-19-9-5-11(6-10-19)21-14-17-12(15)16-13(18-14)20-7-3-2-4-8-20/h11H,2-10H2,1H3. The minimum atomic E-state index is 0.175. The molecule has 116 valence electrons. The van der Waals surface area contributed by atoms with E-state index in [9.17, 15) is 0 Å². The number of piperidine rings is 2. The fourth-order valence-corrected chi connectivity index (χ4v) is 3.01. The van der Waals surface area contributed by atoms with Crippen molar-refractivity contribution in [3.05, 3.63) is 5.28 Å². The van der Waals surface area contributed by atoms with Crippen LogP contribution in [0.5, 0.6) is 6.01 Å². The van der Waals surface area contributed by atoms with Crippen molar-refractivity contribution in [1.82, 2.24) is 19.9 Å². The number of aromatic nitrogens is 3. The third kappa shape index (κ3) is 3.95. The summed E-state index contributed by atoms with van der Waals surface area (Å²) >= 11 is 6.03. The molecule has 0 saturated carbocycles. The van der Waals surface area contributed by atoms with E-state index >= 15 is 0 Å². The first kappa shape index (κ1) is 14.8. The minimum Gasteiger partial charge on any atom is -0.460 e. The zero-order valence-electron chi connectivity index (χ0n) is 12.5. The lowest BCUT2D eigenvalue weighted by Gasteiger charge is -2.29. The maximum atomic E-state index is 6.03. The van der Waals surface area contributed by atoms with Crippen molar-refractivity contribution in [2.24, 2.45) is 0 Å². The fraction of sp³-hybridized carbons (Fsp3) is 0.786. The smallest absolute Gasteiger partial charge is 0.322 e. The monoisotopic (exact) mass is 311 g/mol. The topological polar surface area (TPSA) is 54.4 Å². The minimum absolute atomic E-state index is 0.175. The van der Waals surface area contributed by atoms with Crippen LogP contribution in [-0.2, 0) is 0 Å². The molecule has 0 amide bonds. The van der Waals surface area contributed by atoms with Crippen molar-refractivity contribution in [3.8, 4) is 6.01 Å². The van der Waals surface area contributed by atoms with E-state index in [0.717, 1.165) is 39.0 Å². The van der Waals surface area contributed by atoms with E-state index < -0.39 is 0 Å². The van der Waals surface area contributed by atoms with Gasteiger partial charge in [-0.25, -0.2) is 0 Å². The second-order valence-corrected chi connectivity index (χ2v) is 6.19. The lowest BCUT2D eigenvalue weighted by Crippen LogP contribution is -2.36. The Hall–Kier alpha value is -1.14. The summed E-state index contributed by atoms with van der Waals surface area (Å²) in [6.07, 6.45) is 5.79. The summed E-state index contributed by atoms with van der Waals surface area (Å²) in [6.45, 7) is 4.05. The number of anilines is 1. The van der Waals surface area contributed by atoms with E-state index in [1.807, 2.05) is 0 Å². The van der Waals surface area contributed by atoms with Gasteiger partial charge in [-0.1, -0.05) is 0 Å². The molecule has 7 heteroatoms. The Labute approximate surface area is 130 Å². The Bertz CT molecular complexity index is 472. The van der Waals surface area contributed by atoms with Crippen LogP contribution in [0.2, 0.25) is 5.28 Å². The normalized spacial score (nSPS) is 21.5. The van der Waals surface area contributed by atoms with Crippen LogP contribution in [-0.4, -0.2) is 59.2 Å². The Morgan fingerprint density at radius 2 is 1.71 bits per heavy atom. The van der Waals surface area contributed by atoms with Crippen LogP contribution >= 0.6 is 11.6 Å². The van der Waals surface area contributed by atoms with E-state index in [4.69, 9.17) is 16.3 Å². The zero-order valence-corrected chi connectivity index (χ0v) is 13.2.